The van der Waals surface area contributed by atoms with Gasteiger partial charge in [-0.25, -0.2) is 4.39 Å². The van der Waals surface area contributed by atoms with E-state index in [-0.39, 0.29) is 11.9 Å². The van der Waals surface area contributed by atoms with Crippen molar-refractivity contribution in [1.82, 2.24) is 10.3 Å². The van der Waals surface area contributed by atoms with Crippen molar-refractivity contribution in [2.45, 2.75) is 19.4 Å². The highest BCUT2D eigenvalue weighted by atomic mass is 79.9. The average molecular weight is 358 g/mol. The molecular formula is C15H15BrClFN2. The van der Waals surface area contributed by atoms with Crippen molar-refractivity contribution >= 4 is 27.5 Å². The van der Waals surface area contributed by atoms with Gasteiger partial charge in [0.1, 0.15) is 5.82 Å². The molecule has 0 aliphatic carbocycles. The highest BCUT2D eigenvalue weighted by Crippen LogP contribution is 2.31. The Morgan fingerprint density at radius 2 is 2.15 bits per heavy atom. The van der Waals surface area contributed by atoms with Crippen molar-refractivity contribution in [3.8, 4) is 0 Å². The molecule has 1 N–H and O–H groups in total. The Bertz CT molecular complexity index is 592. The zero-order valence-electron chi connectivity index (χ0n) is 11.0. The number of hydrogen-bond donors (Lipinski definition) is 1. The SMILES string of the molecule is CCCNC(c1ccncc1F)c1ccc(Cl)cc1Br. The number of nitrogens with zero attached hydrogens (tertiary/aromatic N) is 1. The predicted molar refractivity (Wildman–Crippen MR) is 83.5 cm³/mol. The van der Waals surface area contributed by atoms with Crippen LogP contribution < -0.4 is 5.32 Å². The minimum atomic E-state index is -0.317. The minimum Gasteiger partial charge on any atom is -0.306 e. The maximum Gasteiger partial charge on any atom is 0.146 e. The van der Waals surface area contributed by atoms with Gasteiger partial charge in [-0.1, -0.05) is 40.5 Å². The normalized spacial score (nSPS) is 12.4. The third kappa shape index (κ3) is 3.57. The number of benzene rings is 1. The summed E-state index contributed by atoms with van der Waals surface area (Å²) in [6.45, 7) is 2.87. The zero-order valence-corrected chi connectivity index (χ0v) is 13.4. The Kier molecular flexibility index (Phi) is 5.52. The molecule has 0 spiro atoms. The number of aromatic nitrogens is 1. The second-order valence-electron chi connectivity index (χ2n) is 4.45. The van der Waals surface area contributed by atoms with Crippen LogP contribution in [-0.4, -0.2) is 11.5 Å². The summed E-state index contributed by atoms with van der Waals surface area (Å²) in [7, 11) is 0. The monoisotopic (exact) mass is 356 g/mol. The van der Waals surface area contributed by atoms with Gasteiger partial charge in [-0.05, 0) is 36.7 Å². The molecule has 1 unspecified atom stereocenters. The first-order valence-corrected chi connectivity index (χ1v) is 7.58. The molecule has 20 heavy (non-hydrogen) atoms. The summed E-state index contributed by atoms with van der Waals surface area (Å²) in [4.78, 5) is 3.80. The molecule has 106 valence electrons. The maximum absolute atomic E-state index is 14.0. The fourth-order valence-electron chi connectivity index (χ4n) is 2.03. The van der Waals surface area contributed by atoms with Gasteiger partial charge < -0.3 is 5.32 Å². The van der Waals surface area contributed by atoms with E-state index in [2.05, 4.69) is 33.2 Å². The maximum atomic E-state index is 14.0. The van der Waals surface area contributed by atoms with Crippen LogP contribution in [0.2, 0.25) is 5.02 Å². The van der Waals surface area contributed by atoms with Crippen LogP contribution in [0.3, 0.4) is 0 Å². The predicted octanol–water partition coefficient (Wildman–Crippen LogP) is 4.73. The second kappa shape index (κ2) is 7.16. The third-order valence-corrected chi connectivity index (χ3v) is 3.91. The molecule has 1 atom stereocenters. The van der Waals surface area contributed by atoms with Gasteiger partial charge in [-0.3, -0.25) is 4.98 Å². The second-order valence-corrected chi connectivity index (χ2v) is 5.74. The molecule has 1 heterocycles. The molecule has 0 fully saturated rings. The van der Waals surface area contributed by atoms with Crippen molar-refractivity contribution < 1.29 is 4.39 Å². The van der Waals surface area contributed by atoms with Crippen LogP contribution >= 0.6 is 27.5 Å². The van der Waals surface area contributed by atoms with Gasteiger partial charge in [0.2, 0.25) is 0 Å². The molecule has 0 bridgehead atoms. The van der Waals surface area contributed by atoms with Crippen LogP contribution in [0.15, 0.2) is 41.1 Å². The number of nitrogens with one attached hydrogen (secondary N) is 1. The smallest absolute Gasteiger partial charge is 0.146 e. The Morgan fingerprint density at radius 3 is 2.80 bits per heavy atom. The minimum absolute atomic E-state index is 0.232. The van der Waals surface area contributed by atoms with Crippen LogP contribution in [0.25, 0.3) is 0 Å². The molecule has 5 heteroatoms. The van der Waals surface area contributed by atoms with Gasteiger partial charge in [0.05, 0.1) is 12.2 Å². The molecule has 1 aromatic carbocycles. The zero-order chi connectivity index (χ0) is 14.5. The lowest BCUT2D eigenvalue weighted by Crippen LogP contribution is -2.24. The summed E-state index contributed by atoms with van der Waals surface area (Å²) in [5, 5.41) is 4.01. The van der Waals surface area contributed by atoms with E-state index in [1.54, 1.807) is 18.3 Å². The molecule has 0 amide bonds. The van der Waals surface area contributed by atoms with E-state index in [1.807, 2.05) is 12.1 Å². The summed E-state index contributed by atoms with van der Waals surface area (Å²) in [6.07, 6.45) is 3.80. The van der Waals surface area contributed by atoms with Crippen molar-refractivity contribution in [2.24, 2.45) is 0 Å². The Hall–Kier alpha value is -0.970. The summed E-state index contributed by atoms with van der Waals surface area (Å²) in [6, 6.07) is 6.99. The van der Waals surface area contributed by atoms with E-state index in [4.69, 9.17) is 11.6 Å². The first-order valence-electron chi connectivity index (χ1n) is 6.41. The first kappa shape index (κ1) is 15.4. The number of hydrogen-bond acceptors (Lipinski definition) is 2. The highest BCUT2D eigenvalue weighted by molar-refractivity contribution is 9.10. The lowest BCUT2D eigenvalue weighted by Gasteiger charge is -2.21. The molecule has 0 radical (unpaired) electrons. The summed E-state index contributed by atoms with van der Waals surface area (Å²) < 4.78 is 14.9. The van der Waals surface area contributed by atoms with Gasteiger partial charge in [0.25, 0.3) is 0 Å². The lowest BCUT2D eigenvalue weighted by atomic mass is 9.99. The van der Waals surface area contributed by atoms with Crippen LogP contribution in [0.5, 0.6) is 0 Å². The van der Waals surface area contributed by atoms with Crippen molar-refractivity contribution in [2.75, 3.05) is 6.54 Å². The largest absolute Gasteiger partial charge is 0.306 e. The van der Waals surface area contributed by atoms with Gasteiger partial charge in [-0.15, -0.1) is 0 Å². The van der Waals surface area contributed by atoms with E-state index >= 15 is 0 Å². The van der Waals surface area contributed by atoms with Crippen LogP contribution in [0.4, 0.5) is 4.39 Å². The molecule has 0 aliphatic rings. The van der Waals surface area contributed by atoms with E-state index in [9.17, 15) is 4.39 Å². The molecule has 0 saturated carbocycles. The first-order chi connectivity index (χ1) is 9.63. The fraction of sp³-hybridized carbons (Fsp3) is 0.267. The summed E-state index contributed by atoms with van der Waals surface area (Å²) >= 11 is 9.47. The van der Waals surface area contributed by atoms with Crippen LogP contribution in [0, 0.1) is 5.82 Å². The van der Waals surface area contributed by atoms with Crippen molar-refractivity contribution in [3.05, 3.63) is 63.1 Å². The standard InChI is InChI=1S/C15H15BrClFN2/c1-2-6-20-15(12-5-7-19-9-14(12)18)11-4-3-10(17)8-13(11)16/h3-5,7-9,15,20H,2,6H2,1H3. The molecule has 2 nitrogen and oxygen atoms in total. The van der Waals surface area contributed by atoms with Gasteiger partial charge in [0.15, 0.2) is 0 Å². The van der Waals surface area contributed by atoms with Crippen LogP contribution in [0.1, 0.15) is 30.5 Å². The fourth-order valence-corrected chi connectivity index (χ4v) is 2.94. The Labute approximate surface area is 131 Å². The lowest BCUT2D eigenvalue weighted by molar-refractivity contribution is 0.542. The molecule has 1 aromatic heterocycles. The van der Waals surface area contributed by atoms with Gasteiger partial charge in [0, 0.05) is 21.3 Å². The molecule has 2 rings (SSSR count). The third-order valence-electron chi connectivity index (χ3n) is 2.99. The van der Waals surface area contributed by atoms with Crippen molar-refractivity contribution in [1.29, 1.82) is 0 Å². The average Bonchev–Trinajstić information content (AvgIpc) is 2.42. The molecule has 0 saturated heterocycles. The quantitative estimate of drug-likeness (QED) is 0.837. The van der Waals surface area contributed by atoms with Gasteiger partial charge in [-0.2, -0.15) is 0 Å². The van der Waals surface area contributed by atoms with E-state index in [0.29, 0.717) is 10.6 Å². The van der Waals surface area contributed by atoms with E-state index in [0.717, 1.165) is 23.0 Å². The highest BCUT2D eigenvalue weighted by Gasteiger charge is 2.19. The van der Waals surface area contributed by atoms with Crippen molar-refractivity contribution in [3.63, 3.8) is 0 Å². The van der Waals surface area contributed by atoms with Crippen LogP contribution in [-0.2, 0) is 0 Å². The molecule has 2 aromatic rings. The number of pyridine rings is 1. The summed E-state index contributed by atoms with van der Waals surface area (Å²) in [5.41, 5.74) is 1.53. The summed E-state index contributed by atoms with van der Waals surface area (Å²) in [5.74, 6) is -0.317. The number of halogens is 3. The van der Waals surface area contributed by atoms with Gasteiger partial charge >= 0.3 is 0 Å². The van der Waals surface area contributed by atoms with E-state index in [1.165, 1.54) is 6.20 Å². The number of rotatable bonds is 5. The molecule has 0 aliphatic heterocycles. The van der Waals surface area contributed by atoms with E-state index < -0.39 is 0 Å². The topological polar surface area (TPSA) is 24.9 Å². The molecular weight excluding hydrogens is 343 g/mol. The Morgan fingerprint density at radius 1 is 1.35 bits per heavy atom. The Balaban J connectivity index is 2.44.